The molecule has 7 heteroatoms. The monoisotopic (exact) mass is 301 g/mol. The van der Waals surface area contributed by atoms with E-state index < -0.39 is 0 Å². The van der Waals surface area contributed by atoms with Crippen molar-refractivity contribution in [2.75, 3.05) is 32.7 Å². The second-order valence-electron chi connectivity index (χ2n) is 4.54. The lowest BCUT2D eigenvalue weighted by Crippen LogP contribution is -2.50. The summed E-state index contributed by atoms with van der Waals surface area (Å²) < 4.78 is 5.09. The maximum atomic E-state index is 12.0. The average molecular weight is 302 g/mol. The van der Waals surface area contributed by atoms with E-state index in [1.807, 2.05) is 0 Å². The molecular weight excluding hydrogens is 282 g/mol. The first kappa shape index (κ1) is 16.5. The van der Waals surface area contributed by atoms with Gasteiger partial charge in [-0.1, -0.05) is 0 Å². The zero-order valence-electron chi connectivity index (χ0n) is 11.3. The molecule has 0 saturated carbocycles. The summed E-state index contributed by atoms with van der Waals surface area (Å²) in [5.41, 5.74) is 5.39. The average Bonchev–Trinajstić information content (AvgIpc) is 2.98. The fourth-order valence-corrected chi connectivity index (χ4v) is 2.13. The molecule has 2 rings (SSSR count). The summed E-state index contributed by atoms with van der Waals surface area (Å²) in [7, 11) is 0. The van der Waals surface area contributed by atoms with E-state index in [0.29, 0.717) is 51.3 Å². The van der Waals surface area contributed by atoms with E-state index >= 15 is 0 Å². The summed E-state index contributed by atoms with van der Waals surface area (Å²) in [4.78, 5) is 27.3. The van der Waals surface area contributed by atoms with Crippen LogP contribution in [0.5, 0.6) is 0 Å². The van der Waals surface area contributed by atoms with E-state index in [2.05, 4.69) is 0 Å². The SMILES string of the molecule is Cl.NCCCC(=O)N1CCN(C(=O)c2ccco2)CC1. The lowest BCUT2D eigenvalue weighted by molar-refractivity contribution is -0.132. The molecule has 0 unspecified atom stereocenters. The minimum absolute atomic E-state index is 0. The third kappa shape index (κ3) is 3.98. The van der Waals surface area contributed by atoms with Crippen molar-refractivity contribution in [3.63, 3.8) is 0 Å². The van der Waals surface area contributed by atoms with Gasteiger partial charge in [0.1, 0.15) is 0 Å². The number of amides is 2. The van der Waals surface area contributed by atoms with Crippen LogP contribution in [0.25, 0.3) is 0 Å². The third-order valence-electron chi connectivity index (χ3n) is 3.25. The number of carbonyl (C=O) groups is 2. The molecule has 112 valence electrons. The Morgan fingerprint density at radius 1 is 1.20 bits per heavy atom. The standard InChI is InChI=1S/C13H19N3O3.ClH/c14-5-1-4-12(17)15-6-8-16(9-7-15)13(18)11-3-2-10-19-11;/h2-3,10H,1,4-9,14H2;1H. The van der Waals surface area contributed by atoms with Crippen LogP contribution in [0, 0.1) is 0 Å². The van der Waals surface area contributed by atoms with Gasteiger partial charge < -0.3 is 20.0 Å². The molecule has 1 aliphatic heterocycles. The third-order valence-corrected chi connectivity index (χ3v) is 3.25. The van der Waals surface area contributed by atoms with Gasteiger partial charge in [-0.2, -0.15) is 0 Å². The number of halogens is 1. The lowest BCUT2D eigenvalue weighted by atomic mass is 10.2. The van der Waals surface area contributed by atoms with Crippen LogP contribution in [-0.2, 0) is 4.79 Å². The molecular formula is C13H20ClN3O3. The number of nitrogens with zero attached hydrogens (tertiary/aromatic N) is 2. The molecule has 1 aromatic rings. The van der Waals surface area contributed by atoms with E-state index in [-0.39, 0.29) is 24.2 Å². The number of furan rings is 1. The summed E-state index contributed by atoms with van der Waals surface area (Å²) in [5.74, 6) is 0.359. The Kier molecular flexibility index (Phi) is 6.54. The van der Waals surface area contributed by atoms with Crippen molar-refractivity contribution in [3.05, 3.63) is 24.2 Å². The first-order valence-electron chi connectivity index (χ1n) is 6.53. The van der Waals surface area contributed by atoms with Gasteiger partial charge in [-0.3, -0.25) is 9.59 Å². The van der Waals surface area contributed by atoms with Crippen molar-refractivity contribution in [2.24, 2.45) is 5.73 Å². The van der Waals surface area contributed by atoms with Crippen LogP contribution in [0.1, 0.15) is 23.4 Å². The molecule has 1 fully saturated rings. The van der Waals surface area contributed by atoms with Gasteiger partial charge in [-0.25, -0.2) is 0 Å². The quantitative estimate of drug-likeness (QED) is 0.889. The van der Waals surface area contributed by atoms with Gasteiger partial charge in [-0.05, 0) is 25.1 Å². The van der Waals surface area contributed by atoms with E-state index in [9.17, 15) is 9.59 Å². The fraction of sp³-hybridized carbons (Fsp3) is 0.538. The number of piperazine rings is 1. The molecule has 2 N–H and O–H groups in total. The molecule has 0 bridgehead atoms. The molecule has 6 nitrogen and oxygen atoms in total. The van der Waals surface area contributed by atoms with Crippen molar-refractivity contribution in [1.29, 1.82) is 0 Å². The van der Waals surface area contributed by atoms with Crippen LogP contribution >= 0.6 is 12.4 Å². The molecule has 1 aromatic heterocycles. The Morgan fingerprint density at radius 2 is 1.85 bits per heavy atom. The minimum Gasteiger partial charge on any atom is -0.459 e. The van der Waals surface area contributed by atoms with Crippen molar-refractivity contribution in [3.8, 4) is 0 Å². The van der Waals surface area contributed by atoms with Gasteiger partial charge in [-0.15, -0.1) is 12.4 Å². The van der Waals surface area contributed by atoms with Crippen LogP contribution in [0.15, 0.2) is 22.8 Å². The highest BCUT2D eigenvalue weighted by atomic mass is 35.5. The molecule has 2 heterocycles. The zero-order chi connectivity index (χ0) is 13.7. The summed E-state index contributed by atoms with van der Waals surface area (Å²) in [6, 6.07) is 3.35. The molecule has 1 saturated heterocycles. The second-order valence-corrected chi connectivity index (χ2v) is 4.54. The molecule has 20 heavy (non-hydrogen) atoms. The van der Waals surface area contributed by atoms with Crippen LogP contribution in [0.2, 0.25) is 0 Å². The van der Waals surface area contributed by atoms with Crippen LogP contribution in [-0.4, -0.2) is 54.3 Å². The molecule has 0 atom stereocenters. The topological polar surface area (TPSA) is 79.8 Å². The Labute approximate surface area is 124 Å². The van der Waals surface area contributed by atoms with E-state index in [1.165, 1.54) is 6.26 Å². The Bertz CT molecular complexity index is 428. The minimum atomic E-state index is -0.112. The van der Waals surface area contributed by atoms with E-state index in [1.54, 1.807) is 21.9 Å². The summed E-state index contributed by atoms with van der Waals surface area (Å²) in [6.45, 7) is 2.79. The molecule has 1 aliphatic rings. The molecule has 0 aliphatic carbocycles. The summed E-state index contributed by atoms with van der Waals surface area (Å²) >= 11 is 0. The number of nitrogens with two attached hydrogens (primary N) is 1. The lowest BCUT2D eigenvalue weighted by Gasteiger charge is -2.34. The number of rotatable bonds is 4. The first-order valence-corrected chi connectivity index (χ1v) is 6.53. The highest BCUT2D eigenvalue weighted by Gasteiger charge is 2.25. The maximum Gasteiger partial charge on any atom is 0.289 e. The van der Waals surface area contributed by atoms with Crippen molar-refractivity contribution >= 4 is 24.2 Å². The summed E-state index contributed by atoms with van der Waals surface area (Å²) in [6.07, 6.45) is 2.69. The zero-order valence-corrected chi connectivity index (χ0v) is 12.1. The maximum absolute atomic E-state index is 12.0. The van der Waals surface area contributed by atoms with Gasteiger partial charge in [0.15, 0.2) is 5.76 Å². The normalized spacial score (nSPS) is 14.8. The van der Waals surface area contributed by atoms with Gasteiger partial charge in [0.2, 0.25) is 5.91 Å². The summed E-state index contributed by atoms with van der Waals surface area (Å²) in [5, 5.41) is 0. The smallest absolute Gasteiger partial charge is 0.289 e. The van der Waals surface area contributed by atoms with E-state index in [0.717, 1.165) is 0 Å². The highest BCUT2D eigenvalue weighted by Crippen LogP contribution is 2.10. The Hall–Kier alpha value is -1.53. The largest absolute Gasteiger partial charge is 0.459 e. The van der Waals surface area contributed by atoms with Crippen molar-refractivity contribution in [2.45, 2.75) is 12.8 Å². The van der Waals surface area contributed by atoms with Gasteiger partial charge in [0, 0.05) is 32.6 Å². The predicted molar refractivity (Wildman–Crippen MR) is 76.7 cm³/mol. The van der Waals surface area contributed by atoms with Crippen molar-refractivity contribution in [1.82, 2.24) is 9.80 Å². The van der Waals surface area contributed by atoms with Gasteiger partial charge in [0.05, 0.1) is 6.26 Å². The van der Waals surface area contributed by atoms with Crippen molar-refractivity contribution < 1.29 is 14.0 Å². The Balaban J connectivity index is 0.00000200. The molecule has 0 aromatic carbocycles. The number of hydrogen-bond acceptors (Lipinski definition) is 4. The number of carbonyl (C=O) groups excluding carboxylic acids is 2. The van der Waals surface area contributed by atoms with Gasteiger partial charge in [0.25, 0.3) is 5.91 Å². The van der Waals surface area contributed by atoms with Gasteiger partial charge >= 0.3 is 0 Å². The molecule has 2 amide bonds. The molecule has 0 radical (unpaired) electrons. The second kappa shape index (κ2) is 7.91. The van der Waals surface area contributed by atoms with Crippen LogP contribution < -0.4 is 5.73 Å². The van der Waals surface area contributed by atoms with Crippen LogP contribution in [0.3, 0.4) is 0 Å². The fourth-order valence-electron chi connectivity index (χ4n) is 2.13. The number of hydrogen-bond donors (Lipinski definition) is 1. The van der Waals surface area contributed by atoms with E-state index in [4.69, 9.17) is 10.2 Å². The predicted octanol–water partition coefficient (Wildman–Crippen LogP) is 0.725. The molecule has 0 spiro atoms. The highest BCUT2D eigenvalue weighted by molar-refractivity contribution is 5.91. The van der Waals surface area contributed by atoms with Crippen LogP contribution in [0.4, 0.5) is 0 Å². The first-order chi connectivity index (χ1) is 9.22. The Morgan fingerprint density at radius 3 is 2.40 bits per heavy atom.